The summed E-state index contributed by atoms with van der Waals surface area (Å²) in [5.41, 5.74) is 2.88. The Morgan fingerprint density at radius 3 is 2.44 bits per heavy atom. The molecule has 2 N–H and O–H groups in total. The molecule has 1 unspecified atom stereocenters. The zero-order valence-corrected chi connectivity index (χ0v) is 33.5. The summed E-state index contributed by atoms with van der Waals surface area (Å²) in [6, 6.07) is 16.1. The molecule has 3 aromatic rings. The third kappa shape index (κ3) is 8.33. The maximum absolute atomic E-state index is 15.0. The molecule has 5 aliphatic rings. The van der Waals surface area contributed by atoms with Gasteiger partial charge in [0.15, 0.2) is 0 Å². The van der Waals surface area contributed by atoms with Crippen molar-refractivity contribution in [3.63, 3.8) is 0 Å². The Kier molecular flexibility index (Phi) is 11.2. The van der Waals surface area contributed by atoms with Crippen molar-refractivity contribution in [3.8, 4) is 6.07 Å². The number of likely N-dealkylation sites (tertiary alicyclic amines) is 2. The molecule has 2 aromatic carbocycles. The fourth-order valence-electron chi connectivity index (χ4n) is 9.12. The minimum absolute atomic E-state index is 0.0347. The van der Waals surface area contributed by atoms with Crippen LogP contribution in [0.4, 0.5) is 15.8 Å². The number of carbonyl (C=O) groups is 4. The van der Waals surface area contributed by atoms with E-state index in [-0.39, 0.29) is 35.6 Å². The third-order valence-corrected chi connectivity index (χ3v) is 14.1. The summed E-state index contributed by atoms with van der Waals surface area (Å²) in [6.45, 7) is 8.08. The Balaban J connectivity index is 0.759. The number of thioether (sulfide) groups is 1. The molecule has 1 aromatic heterocycles. The third-order valence-electron chi connectivity index (χ3n) is 12.5. The number of nitrogens with zero attached hydrogens (tertiary/aromatic N) is 6. The molecule has 5 saturated heterocycles. The minimum atomic E-state index is -0.862. The van der Waals surface area contributed by atoms with Crippen molar-refractivity contribution in [3.05, 3.63) is 82.3 Å². The first-order valence-electron chi connectivity index (χ1n) is 19.8. The Morgan fingerprint density at radius 2 is 1.77 bits per heavy atom. The minimum Gasteiger partial charge on any atom is -0.368 e. The van der Waals surface area contributed by atoms with Crippen molar-refractivity contribution < 1.29 is 23.6 Å². The molecule has 0 saturated carbocycles. The molecule has 4 amide bonds. The van der Waals surface area contributed by atoms with Crippen LogP contribution in [0.15, 0.2) is 59.8 Å². The van der Waals surface area contributed by atoms with Crippen molar-refractivity contribution in [1.29, 1.82) is 5.26 Å². The normalized spacial score (nSPS) is 22.9. The average molecular weight is 813 g/mol. The van der Waals surface area contributed by atoms with Gasteiger partial charge in [-0.1, -0.05) is 11.6 Å². The number of imide groups is 1. The van der Waals surface area contributed by atoms with Gasteiger partial charge in [-0.15, -0.1) is 11.8 Å². The standard InChI is InChI=1S/C42H46ClFN8O4S/c1-26-20-42(25-52(26)30-4-2-27(21-45)34(43)18-30)12-16-50(17-13-42)41(56)28-3-9-38(46-22-28)57-32-10-14-49(15-11-32)31-23-51(24-31)29-5-6-33(35(44)19-29)39(54)47-36-7-8-37(53)48-40(36)55/h2-6,9,18-19,22,26,31-32,36H,7-8,10-17,20,23-25H2,1H3,(H,47,54)(H,48,53,55)/t26-,36?/m1/s1. The van der Waals surface area contributed by atoms with Crippen LogP contribution in [0, 0.1) is 22.6 Å². The molecule has 0 bridgehead atoms. The number of rotatable bonds is 8. The number of nitriles is 1. The van der Waals surface area contributed by atoms with E-state index in [1.807, 2.05) is 29.2 Å². The van der Waals surface area contributed by atoms with E-state index in [0.717, 1.165) is 88.6 Å². The highest BCUT2D eigenvalue weighted by Gasteiger charge is 2.45. The van der Waals surface area contributed by atoms with Crippen LogP contribution in [0.3, 0.4) is 0 Å². The summed E-state index contributed by atoms with van der Waals surface area (Å²) < 4.78 is 15.0. The van der Waals surface area contributed by atoms with Crippen molar-refractivity contribution in [1.82, 2.24) is 25.4 Å². The number of nitrogens with one attached hydrogen (secondary N) is 2. The highest BCUT2D eigenvalue weighted by molar-refractivity contribution is 7.99. The molecule has 6 heterocycles. The number of amides is 4. The van der Waals surface area contributed by atoms with Gasteiger partial charge < -0.3 is 20.0 Å². The number of aromatic nitrogens is 1. The van der Waals surface area contributed by atoms with E-state index in [1.54, 1.807) is 30.1 Å². The molecule has 1 spiro atoms. The van der Waals surface area contributed by atoms with E-state index in [1.165, 1.54) is 12.1 Å². The lowest BCUT2D eigenvalue weighted by molar-refractivity contribution is -0.134. The van der Waals surface area contributed by atoms with Crippen LogP contribution in [-0.2, 0) is 9.59 Å². The number of halogens is 2. The molecule has 0 radical (unpaired) electrons. The van der Waals surface area contributed by atoms with Crippen molar-refractivity contribution in [2.45, 2.75) is 80.3 Å². The Hall–Kier alpha value is -4.71. The van der Waals surface area contributed by atoms with Gasteiger partial charge in [0, 0.05) is 74.0 Å². The second-order valence-electron chi connectivity index (χ2n) is 16.2. The van der Waals surface area contributed by atoms with Gasteiger partial charge >= 0.3 is 0 Å². The van der Waals surface area contributed by atoms with Gasteiger partial charge in [0.1, 0.15) is 17.9 Å². The lowest BCUT2D eigenvalue weighted by atomic mass is 9.76. The lowest BCUT2D eigenvalue weighted by Gasteiger charge is -2.48. The van der Waals surface area contributed by atoms with Gasteiger partial charge in [-0.25, -0.2) is 9.37 Å². The van der Waals surface area contributed by atoms with Gasteiger partial charge in [0.05, 0.1) is 26.7 Å². The fourth-order valence-corrected chi connectivity index (χ4v) is 10.4. The van der Waals surface area contributed by atoms with Gasteiger partial charge in [-0.2, -0.15) is 5.26 Å². The first kappa shape index (κ1) is 39.1. The number of benzene rings is 2. The maximum Gasteiger partial charge on any atom is 0.255 e. The number of hydrogen-bond donors (Lipinski definition) is 2. The second-order valence-corrected chi connectivity index (χ2v) is 17.9. The number of carbonyl (C=O) groups excluding carboxylic acids is 4. The molecular formula is C42H46ClFN8O4S. The molecule has 2 atom stereocenters. The number of piperidine rings is 3. The summed E-state index contributed by atoms with van der Waals surface area (Å²) in [7, 11) is 0. The van der Waals surface area contributed by atoms with Crippen LogP contribution in [-0.4, -0.2) is 108 Å². The fraction of sp³-hybridized carbons (Fsp3) is 0.476. The predicted octanol–water partition coefficient (Wildman–Crippen LogP) is 5.25. The average Bonchev–Trinajstić information content (AvgIpc) is 3.51. The predicted molar refractivity (Wildman–Crippen MR) is 216 cm³/mol. The summed E-state index contributed by atoms with van der Waals surface area (Å²) in [4.78, 5) is 63.2. The number of hydrogen-bond acceptors (Lipinski definition) is 10. The Bertz CT molecular complexity index is 2090. The largest absolute Gasteiger partial charge is 0.368 e. The van der Waals surface area contributed by atoms with E-state index in [9.17, 15) is 24.4 Å². The van der Waals surface area contributed by atoms with E-state index in [0.29, 0.717) is 39.2 Å². The van der Waals surface area contributed by atoms with Gasteiger partial charge in [-0.3, -0.25) is 29.4 Å². The van der Waals surface area contributed by atoms with Crippen LogP contribution in [0.25, 0.3) is 0 Å². The first-order valence-corrected chi connectivity index (χ1v) is 21.0. The highest BCUT2D eigenvalue weighted by Crippen LogP contribution is 2.45. The van der Waals surface area contributed by atoms with E-state index < -0.39 is 23.7 Å². The Morgan fingerprint density at radius 1 is 1.02 bits per heavy atom. The van der Waals surface area contributed by atoms with Crippen LogP contribution >= 0.6 is 23.4 Å². The summed E-state index contributed by atoms with van der Waals surface area (Å²) >= 11 is 8.12. The van der Waals surface area contributed by atoms with Gasteiger partial charge in [0.25, 0.3) is 11.8 Å². The van der Waals surface area contributed by atoms with E-state index in [4.69, 9.17) is 11.6 Å². The summed E-state index contributed by atoms with van der Waals surface area (Å²) in [5, 5.41) is 15.8. The van der Waals surface area contributed by atoms with Gasteiger partial charge in [-0.05, 0) is 112 Å². The van der Waals surface area contributed by atoms with Crippen molar-refractivity contribution in [2.24, 2.45) is 5.41 Å². The van der Waals surface area contributed by atoms with E-state index >= 15 is 4.39 Å². The molecule has 0 aliphatic carbocycles. The van der Waals surface area contributed by atoms with Crippen LogP contribution in [0.2, 0.25) is 5.02 Å². The summed E-state index contributed by atoms with van der Waals surface area (Å²) in [5.74, 6) is -2.25. The van der Waals surface area contributed by atoms with Crippen molar-refractivity contribution >= 4 is 58.4 Å². The number of anilines is 2. The first-order chi connectivity index (χ1) is 27.5. The smallest absolute Gasteiger partial charge is 0.255 e. The SMILES string of the molecule is C[C@@H]1CC2(CCN(C(=O)c3ccc(SC4CCN(C5CN(c6ccc(C(=O)NC7CCC(=O)NC7=O)c(F)c6)C5)CC4)nc3)CC2)CN1c1ccc(C#N)c(Cl)c1. The summed E-state index contributed by atoms with van der Waals surface area (Å²) in [6.07, 6.45) is 7.05. The van der Waals surface area contributed by atoms with E-state index in [2.05, 4.69) is 43.3 Å². The molecular weight excluding hydrogens is 767 g/mol. The monoisotopic (exact) mass is 812 g/mol. The molecule has 12 nitrogen and oxygen atoms in total. The lowest BCUT2D eigenvalue weighted by Crippen LogP contribution is -2.61. The molecule has 8 rings (SSSR count). The molecule has 57 heavy (non-hydrogen) atoms. The van der Waals surface area contributed by atoms with Crippen LogP contribution in [0.5, 0.6) is 0 Å². The number of pyridine rings is 1. The van der Waals surface area contributed by atoms with Crippen molar-refractivity contribution in [2.75, 3.05) is 55.6 Å². The molecule has 5 aliphatic heterocycles. The quantitative estimate of drug-likeness (QED) is 0.290. The Labute approximate surface area is 341 Å². The maximum atomic E-state index is 15.0. The van der Waals surface area contributed by atoms with Crippen LogP contribution in [0.1, 0.15) is 78.1 Å². The second kappa shape index (κ2) is 16.3. The van der Waals surface area contributed by atoms with Gasteiger partial charge in [0.2, 0.25) is 11.8 Å². The molecule has 15 heteroatoms. The highest BCUT2D eigenvalue weighted by atomic mass is 35.5. The van der Waals surface area contributed by atoms with Crippen LogP contribution < -0.4 is 20.4 Å². The zero-order valence-electron chi connectivity index (χ0n) is 31.9. The molecule has 5 fully saturated rings. The zero-order chi connectivity index (χ0) is 39.8. The molecule has 298 valence electrons. The topological polar surface area (TPSA) is 142 Å².